The van der Waals surface area contributed by atoms with Crippen LogP contribution in [0.5, 0.6) is 5.75 Å². The largest absolute Gasteiger partial charge is 0.497 e. The van der Waals surface area contributed by atoms with Crippen molar-refractivity contribution in [2.24, 2.45) is 0 Å². The van der Waals surface area contributed by atoms with E-state index in [2.05, 4.69) is 10.3 Å². The maximum Gasteiger partial charge on any atom is 0.236 e. The molecule has 150 valence electrons. The Bertz CT molecular complexity index is 994. The minimum Gasteiger partial charge on any atom is -0.497 e. The van der Waals surface area contributed by atoms with Crippen molar-refractivity contribution in [2.45, 2.75) is 37.5 Å². The molecular weight excluding hydrogens is 404 g/mol. The zero-order valence-electron chi connectivity index (χ0n) is 16.3. The Balaban J connectivity index is 1.51. The molecule has 3 aromatic rings. The van der Waals surface area contributed by atoms with E-state index in [0.29, 0.717) is 11.6 Å². The smallest absolute Gasteiger partial charge is 0.236 e. The van der Waals surface area contributed by atoms with Gasteiger partial charge in [0.1, 0.15) is 5.75 Å². The number of carbonyl (C=O) groups excluding carboxylic acids is 1. The monoisotopic (exact) mass is 426 g/mol. The third kappa shape index (κ3) is 4.16. The van der Waals surface area contributed by atoms with Crippen molar-refractivity contribution in [1.29, 1.82) is 0 Å². The summed E-state index contributed by atoms with van der Waals surface area (Å²) in [6, 6.07) is 15.7. The van der Waals surface area contributed by atoms with Gasteiger partial charge in [-0.05, 0) is 42.2 Å². The first-order valence-electron chi connectivity index (χ1n) is 9.75. The van der Waals surface area contributed by atoms with Crippen molar-refractivity contribution in [3.05, 3.63) is 75.8 Å². The minimum atomic E-state index is -0.499. The van der Waals surface area contributed by atoms with E-state index in [1.165, 1.54) is 11.3 Å². The molecule has 0 aliphatic heterocycles. The first-order valence-corrected chi connectivity index (χ1v) is 10.9. The number of thiazole rings is 1. The van der Waals surface area contributed by atoms with Crippen LogP contribution in [0, 0.1) is 0 Å². The zero-order valence-corrected chi connectivity index (χ0v) is 17.9. The van der Waals surface area contributed by atoms with E-state index in [0.717, 1.165) is 52.5 Å². The number of ether oxygens (including phenoxy) is 1. The molecule has 0 spiro atoms. The molecule has 1 amide bonds. The second kappa shape index (κ2) is 8.56. The molecule has 1 N–H and O–H groups in total. The molecule has 0 unspecified atom stereocenters. The SMILES string of the molecule is COc1ccc(C2(C(=O)Nc3ncc(Cc4ccccc4Cl)s3)CCCC2)cc1. The second-order valence-corrected chi connectivity index (χ2v) is 8.89. The summed E-state index contributed by atoms with van der Waals surface area (Å²) in [4.78, 5) is 18.8. The Labute approximate surface area is 179 Å². The average molecular weight is 427 g/mol. The van der Waals surface area contributed by atoms with E-state index < -0.39 is 5.41 Å². The normalized spacial score (nSPS) is 15.2. The Kier molecular flexibility index (Phi) is 5.88. The number of nitrogens with one attached hydrogen (secondary N) is 1. The summed E-state index contributed by atoms with van der Waals surface area (Å²) in [5, 5.41) is 4.46. The predicted octanol–water partition coefficient (Wildman–Crippen LogP) is 5.85. The molecule has 1 aromatic heterocycles. The van der Waals surface area contributed by atoms with Crippen molar-refractivity contribution >= 4 is 34.0 Å². The number of methoxy groups -OCH3 is 1. The molecular formula is C23H23ClN2O2S. The Morgan fingerprint density at radius 3 is 2.59 bits per heavy atom. The number of nitrogens with zero attached hydrogens (tertiary/aromatic N) is 1. The van der Waals surface area contributed by atoms with Gasteiger partial charge in [-0.2, -0.15) is 0 Å². The van der Waals surface area contributed by atoms with Crippen molar-refractivity contribution in [1.82, 2.24) is 4.98 Å². The standard InChI is InChI=1S/C23H23ClN2O2S/c1-28-18-10-8-17(9-11-18)23(12-4-5-13-23)21(27)26-22-25-15-19(29-22)14-16-6-2-3-7-20(16)24/h2-3,6-11,15H,4-5,12-14H2,1H3,(H,25,26,27). The fourth-order valence-electron chi connectivity index (χ4n) is 4.03. The van der Waals surface area contributed by atoms with Gasteiger partial charge in [-0.15, -0.1) is 11.3 Å². The van der Waals surface area contributed by atoms with E-state index in [-0.39, 0.29) is 5.91 Å². The maximum absolute atomic E-state index is 13.3. The fourth-order valence-corrected chi connectivity index (χ4v) is 5.06. The number of halogens is 1. The van der Waals surface area contributed by atoms with Gasteiger partial charge in [0.15, 0.2) is 5.13 Å². The van der Waals surface area contributed by atoms with Gasteiger partial charge in [0.25, 0.3) is 0 Å². The first-order chi connectivity index (χ1) is 14.1. The van der Waals surface area contributed by atoms with Crippen LogP contribution >= 0.6 is 22.9 Å². The van der Waals surface area contributed by atoms with Crippen molar-refractivity contribution < 1.29 is 9.53 Å². The number of hydrogen-bond donors (Lipinski definition) is 1. The van der Waals surface area contributed by atoms with Crippen molar-refractivity contribution in [3.8, 4) is 5.75 Å². The lowest BCUT2D eigenvalue weighted by Crippen LogP contribution is -2.37. The molecule has 1 fully saturated rings. The summed E-state index contributed by atoms with van der Waals surface area (Å²) in [5.74, 6) is 0.824. The summed E-state index contributed by atoms with van der Waals surface area (Å²) >= 11 is 7.77. The quantitative estimate of drug-likeness (QED) is 0.538. The molecule has 4 rings (SSSR count). The molecule has 0 saturated heterocycles. The van der Waals surface area contributed by atoms with Crippen LogP contribution in [0.25, 0.3) is 0 Å². The molecule has 29 heavy (non-hydrogen) atoms. The third-order valence-electron chi connectivity index (χ3n) is 5.63. The highest BCUT2D eigenvalue weighted by Crippen LogP contribution is 2.42. The average Bonchev–Trinajstić information content (AvgIpc) is 3.40. The second-order valence-electron chi connectivity index (χ2n) is 7.37. The summed E-state index contributed by atoms with van der Waals surface area (Å²) < 4.78 is 5.26. The van der Waals surface area contributed by atoms with E-state index >= 15 is 0 Å². The van der Waals surface area contributed by atoms with E-state index in [9.17, 15) is 4.79 Å². The van der Waals surface area contributed by atoms with Gasteiger partial charge in [0.2, 0.25) is 5.91 Å². The lowest BCUT2D eigenvalue weighted by atomic mass is 9.78. The molecule has 1 saturated carbocycles. The Morgan fingerprint density at radius 1 is 1.17 bits per heavy atom. The molecule has 1 aliphatic carbocycles. The van der Waals surface area contributed by atoms with Gasteiger partial charge in [-0.25, -0.2) is 4.98 Å². The number of carbonyl (C=O) groups is 1. The van der Waals surface area contributed by atoms with Crippen LogP contribution < -0.4 is 10.1 Å². The number of aromatic nitrogens is 1. The van der Waals surface area contributed by atoms with Crippen LogP contribution in [0.2, 0.25) is 5.02 Å². The highest BCUT2D eigenvalue weighted by molar-refractivity contribution is 7.15. The molecule has 1 heterocycles. The number of amides is 1. The number of benzene rings is 2. The summed E-state index contributed by atoms with van der Waals surface area (Å²) in [6.45, 7) is 0. The molecule has 0 atom stereocenters. The van der Waals surface area contributed by atoms with Crippen LogP contribution in [-0.4, -0.2) is 18.0 Å². The van der Waals surface area contributed by atoms with Gasteiger partial charge < -0.3 is 10.1 Å². The van der Waals surface area contributed by atoms with E-state index in [1.807, 2.05) is 54.7 Å². The van der Waals surface area contributed by atoms with Crippen LogP contribution in [0.3, 0.4) is 0 Å². The van der Waals surface area contributed by atoms with Gasteiger partial charge >= 0.3 is 0 Å². The highest BCUT2D eigenvalue weighted by atomic mass is 35.5. The Morgan fingerprint density at radius 2 is 1.90 bits per heavy atom. The topological polar surface area (TPSA) is 51.2 Å². The summed E-state index contributed by atoms with van der Waals surface area (Å²) in [6.07, 6.45) is 6.32. The van der Waals surface area contributed by atoms with Gasteiger partial charge in [-0.1, -0.05) is 54.8 Å². The lowest BCUT2D eigenvalue weighted by molar-refractivity contribution is -0.121. The Hall–Kier alpha value is -2.37. The first kappa shape index (κ1) is 19.9. The molecule has 4 nitrogen and oxygen atoms in total. The molecule has 2 aromatic carbocycles. The van der Waals surface area contributed by atoms with Crippen LogP contribution in [-0.2, 0) is 16.6 Å². The fraction of sp³-hybridized carbons (Fsp3) is 0.304. The molecule has 0 radical (unpaired) electrons. The van der Waals surface area contributed by atoms with Gasteiger partial charge in [-0.3, -0.25) is 4.79 Å². The van der Waals surface area contributed by atoms with Crippen LogP contribution in [0.15, 0.2) is 54.7 Å². The molecule has 6 heteroatoms. The van der Waals surface area contributed by atoms with Gasteiger partial charge in [0, 0.05) is 22.5 Å². The third-order valence-corrected chi connectivity index (χ3v) is 6.91. The van der Waals surface area contributed by atoms with E-state index in [1.54, 1.807) is 7.11 Å². The number of anilines is 1. The van der Waals surface area contributed by atoms with Crippen molar-refractivity contribution in [2.75, 3.05) is 12.4 Å². The number of hydrogen-bond acceptors (Lipinski definition) is 4. The maximum atomic E-state index is 13.3. The summed E-state index contributed by atoms with van der Waals surface area (Å²) in [5.41, 5.74) is 1.60. The molecule has 1 aliphatic rings. The van der Waals surface area contributed by atoms with E-state index in [4.69, 9.17) is 16.3 Å². The molecule has 0 bridgehead atoms. The zero-order chi connectivity index (χ0) is 20.3. The van der Waals surface area contributed by atoms with Crippen LogP contribution in [0.4, 0.5) is 5.13 Å². The highest BCUT2D eigenvalue weighted by Gasteiger charge is 2.43. The van der Waals surface area contributed by atoms with Crippen LogP contribution in [0.1, 0.15) is 41.7 Å². The number of rotatable bonds is 6. The summed E-state index contributed by atoms with van der Waals surface area (Å²) in [7, 11) is 1.65. The predicted molar refractivity (Wildman–Crippen MR) is 118 cm³/mol. The van der Waals surface area contributed by atoms with Gasteiger partial charge in [0.05, 0.1) is 12.5 Å². The minimum absolute atomic E-state index is 0.0267. The lowest BCUT2D eigenvalue weighted by Gasteiger charge is -2.28. The van der Waals surface area contributed by atoms with Crippen molar-refractivity contribution in [3.63, 3.8) is 0 Å².